The summed E-state index contributed by atoms with van der Waals surface area (Å²) in [7, 11) is 0. The van der Waals surface area contributed by atoms with Gasteiger partial charge in [0.05, 0.1) is 12.5 Å². The van der Waals surface area contributed by atoms with Gasteiger partial charge in [0.2, 0.25) is 0 Å². The van der Waals surface area contributed by atoms with Gasteiger partial charge >= 0.3 is 0 Å². The molecular weight excluding hydrogens is 312 g/mol. The molecule has 1 aromatic carbocycles. The second-order valence-corrected chi connectivity index (χ2v) is 5.82. The van der Waals surface area contributed by atoms with Crippen molar-refractivity contribution in [3.8, 4) is 5.75 Å². The molecular formula is C14H11BrO2S. The zero-order chi connectivity index (χ0) is 12.5. The lowest BCUT2D eigenvalue weighted by molar-refractivity contribution is 0.0933. The van der Waals surface area contributed by atoms with Crippen molar-refractivity contribution in [1.29, 1.82) is 0 Å². The molecule has 18 heavy (non-hydrogen) atoms. The van der Waals surface area contributed by atoms with E-state index in [0.29, 0.717) is 6.61 Å². The number of fused-ring (bicyclic) bond motifs is 1. The molecule has 1 aliphatic rings. The van der Waals surface area contributed by atoms with Gasteiger partial charge in [0.25, 0.3) is 0 Å². The van der Waals surface area contributed by atoms with Crippen molar-refractivity contribution in [3.05, 3.63) is 50.6 Å². The zero-order valence-electron chi connectivity index (χ0n) is 9.56. The fourth-order valence-electron chi connectivity index (χ4n) is 2.26. The van der Waals surface area contributed by atoms with E-state index in [1.54, 1.807) is 11.3 Å². The minimum Gasteiger partial charge on any atom is -0.493 e. The number of hydrogen-bond donors (Lipinski definition) is 0. The first-order chi connectivity index (χ1) is 8.77. The molecule has 4 heteroatoms. The van der Waals surface area contributed by atoms with Crippen LogP contribution >= 0.6 is 27.3 Å². The van der Waals surface area contributed by atoms with Gasteiger partial charge in [-0.25, -0.2) is 0 Å². The van der Waals surface area contributed by atoms with Crippen molar-refractivity contribution in [2.75, 3.05) is 6.61 Å². The number of carbonyl (C=O) groups is 1. The normalized spacial score (nSPS) is 17.9. The van der Waals surface area contributed by atoms with Gasteiger partial charge in [-0.1, -0.05) is 18.2 Å². The molecule has 0 bridgehead atoms. The van der Waals surface area contributed by atoms with Crippen LogP contribution < -0.4 is 4.74 Å². The molecule has 0 radical (unpaired) electrons. The van der Waals surface area contributed by atoms with Crippen LogP contribution in [-0.2, 0) is 0 Å². The summed E-state index contributed by atoms with van der Waals surface area (Å²) in [5.74, 6) is 0.938. The van der Waals surface area contributed by atoms with Gasteiger partial charge in [0.1, 0.15) is 5.75 Å². The largest absolute Gasteiger partial charge is 0.493 e. The highest BCUT2D eigenvalue weighted by Gasteiger charge is 2.29. The predicted octanol–water partition coefficient (Wildman–Crippen LogP) is 4.26. The average Bonchev–Trinajstić information content (AvgIpc) is 2.83. The fraction of sp³-hybridized carbons (Fsp3) is 0.214. The number of carbonyl (C=O) groups excluding carboxylic acids is 1. The van der Waals surface area contributed by atoms with E-state index < -0.39 is 0 Å². The van der Waals surface area contributed by atoms with E-state index in [4.69, 9.17) is 4.74 Å². The summed E-state index contributed by atoms with van der Waals surface area (Å²) >= 11 is 4.97. The maximum absolute atomic E-state index is 12.6. The summed E-state index contributed by atoms with van der Waals surface area (Å²) in [5, 5.41) is 3.85. The predicted molar refractivity (Wildman–Crippen MR) is 75.6 cm³/mol. The van der Waals surface area contributed by atoms with Crippen molar-refractivity contribution in [2.24, 2.45) is 0 Å². The van der Waals surface area contributed by atoms with Gasteiger partial charge in [0, 0.05) is 26.4 Å². The monoisotopic (exact) mass is 322 g/mol. The summed E-state index contributed by atoms with van der Waals surface area (Å²) in [5.41, 5.74) is 1.79. The van der Waals surface area contributed by atoms with Gasteiger partial charge in [-0.2, -0.15) is 11.3 Å². The molecule has 1 atom stereocenters. The Hall–Kier alpha value is -1.13. The van der Waals surface area contributed by atoms with E-state index in [1.165, 1.54) is 0 Å². The molecule has 0 spiro atoms. The van der Waals surface area contributed by atoms with Crippen molar-refractivity contribution < 1.29 is 9.53 Å². The Morgan fingerprint density at radius 3 is 2.94 bits per heavy atom. The van der Waals surface area contributed by atoms with Crippen molar-refractivity contribution in [2.45, 2.75) is 12.3 Å². The lowest BCUT2D eigenvalue weighted by Gasteiger charge is -2.24. The number of ether oxygens (including phenoxy) is 1. The minimum absolute atomic E-state index is 0.0825. The van der Waals surface area contributed by atoms with Crippen LogP contribution in [0.4, 0.5) is 0 Å². The molecule has 0 aliphatic carbocycles. The molecule has 2 aromatic rings. The minimum atomic E-state index is -0.0825. The topological polar surface area (TPSA) is 26.3 Å². The van der Waals surface area contributed by atoms with Crippen LogP contribution in [0, 0.1) is 0 Å². The second kappa shape index (κ2) is 4.86. The molecule has 0 saturated heterocycles. The van der Waals surface area contributed by atoms with E-state index in [1.807, 2.05) is 35.0 Å². The fourth-order valence-corrected chi connectivity index (χ4v) is 3.74. The van der Waals surface area contributed by atoms with E-state index in [-0.39, 0.29) is 11.7 Å². The number of thiophene rings is 1. The van der Waals surface area contributed by atoms with Crippen molar-refractivity contribution in [1.82, 2.24) is 0 Å². The summed E-state index contributed by atoms with van der Waals surface area (Å²) < 4.78 is 6.48. The molecule has 1 unspecified atom stereocenters. The van der Waals surface area contributed by atoms with Crippen LogP contribution in [0.25, 0.3) is 0 Å². The SMILES string of the molecule is O=C(c1cscc1Br)C1CCOc2ccccc21. The molecule has 0 amide bonds. The Bertz CT molecular complexity index is 591. The van der Waals surface area contributed by atoms with Crippen LogP contribution in [0.3, 0.4) is 0 Å². The third kappa shape index (κ3) is 1.99. The number of hydrogen-bond acceptors (Lipinski definition) is 3. The highest BCUT2D eigenvalue weighted by atomic mass is 79.9. The van der Waals surface area contributed by atoms with Crippen LogP contribution in [0.15, 0.2) is 39.5 Å². The van der Waals surface area contributed by atoms with Gasteiger partial charge in [0.15, 0.2) is 5.78 Å². The van der Waals surface area contributed by atoms with Crippen LogP contribution in [0.2, 0.25) is 0 Å². The summed E-state index contributed by atoms with van der Waals surface area (Å²) in [4.78, 5) is 12.6. The maximum Gasteiger partial charge on any atom is 0.172 e. The smallest absolute Gasteiger partial charge is 0.172 e. The van der Waals surface area contributed by atoms with Crippen molar-refractivity contribution in [3.63, 3.8) is 0 Å². The molecule has 0 saturated carbocycles. The number of Topliss-reactive ketones (excluding diaryl/α,β-unsaturated/α-hetero) is 1. The lowest BCUT2D eigenvalue weighted by Crippen LogP contribution is -2.21. The molecule has 1 aromatic heterocycles. The molecule has 2 heterocycles. The average molecular weight is 323 g/mol. The molecule has 0 N–H and O–H groups in total. The first kappa shape index (κ1) is 11.9. The Balaban J connectivity index is 2.00. The highest BCUT2D eigenvalue weighted by molar-refractivity contribution is 9.10. The number of benzene rings is 1. The number of ketones is 1. The zero-order valence-corrected chi connectivity index (χ0v) is 12.0. The lowest BCUT2D eigenvalue weighted by atomic mass is 9.87. The van der Waals surface area contributed by atoms with E-state index >= 15 is 0 Å². The Kier molecular flexibility index (Phi) is 3.22. The first-order valence-electron chi connectivity index (χ1n) is 5.75. The summed E-state index contributed by atoms with van der Waals surface area (Å²) in [6.07, 6.45) is 0.748. The van der Waals surface area contributed by atoms with Crippen LogP contribution in [0.5, 0.6) is 5.75 Å². The Labute approximate surface area is 118 Å². The standard InChI is InChI=1S/C14H11BrO2S/c15-12-8-18-7-11(12)14(16)10-5-6-17-13-4-2-1-3-9(10)13/h1-4,7-8,10H,5-6H2. The first-order valence-corrected chi connectivity index (χ1v) is 7.48. The number of halogens is 1. The van der Waals surface area contributed by atoms with E-state index in [9.17, 15) is 4.79 Å². The van der Waals surface area contributed by atoms with Gasteiger partial charge in [-0.3, -0.25) is 4.79 Å². The molecule has 1 aliphatic heterocycles. The van der Waals surface area contributed by atoms with Gasteiger partial charge in [-0.05, 0) is 28.4 Å². The third-order valence-electron chi connectivity index (χ3n) is 3.16. The van der Waals surface area contributed by atoms with Crippen molar-refractivity contribution >= 4 is 33.0 Å². The molecule has 0 fully saturated rings. The van der Waals surface area contributed by atoms with Gasteiger partial charge < -0.3 is 4.74 Å². The summed E-state index contributed by atoms with van der Waals surface area (Å²) in [6.45, 7) is 0.606. The Morgan fingerprint density at radius 1 is 1.33 bits per heavy atom. The van der Waals surface area contributed by atoms with E-state index in [0.717, 1.165) is 27.8 Å². The summed E-state index contributed by atoms with van der Waals surface area (Å²) in [6, 6.07) is 7.80. The highest BCUT2D eigenvalue weighted by Crippen LogP contribution is 2.37. The van der Waals surface area contributed by atoms with Gasteiger partial charge in [-0.15, -0.1) is 0 Å². The maximum atomic E-state index is 12.6. The van der Waals surface area contributed by atoms with Crippen LogP contribution in [0.1, 0.15) is 28.3 Å². The molecule has 3 rings (SSSR count). The van der Waals surface area contributed by atoms with E-state index in [2.05, 4.69) is 15.9 Å². The molecule has 2 nitrogen and oxygen atoms in total. The third-order valence-corrected chi connectivity index (χ3v) is 4.86. The Morgan fingerprint density at radius 2 is 2.17 bits per heavy atom. The molecule has 92 valence electrons. The second-order valence-electron chi connectivity index (χ2n) is 4.23. The number of rotatable bonds is 2. The quantitative estimate of drug-likeness (QED) is 0.772. The number of para-hydroxylation sites is 1. The van der Waals surface area contributed by atoms with Crippen LogP contribution in [-0.4, -0.2) is 12.4 Å².